The number of nitrogens with zero attached hydrogens (tertiary/aromatic N) is 6. The molecule has 0 saturated carbocycles. The van der Waals surface area contributed by atoms with Gasteiger partial charge in [-0.2, -0.15) is 15.3 Å². The largest absolute Gasteiger partial charge is 0.476 e. The second kappa shape index (κ2) is 8.23. The molecule has 160 valence electrons. The van der Waals surface area contributed by atoms with Crippen molar-refractivity contribution in [2.45, 2.75) is 13.5 Å². The molecule has 12 heteroatoms. The van der Waals surface area contributed by atoms with Gasteiger partial charge in [-0.05, 0) is 28.9 Å². The van der Waals surface area contributed by atoms with Gasteiger partial charge in [0.1, 0.15) is 6.21 Å². The van der Waals surface area contributed by atoms with Crippen LogP contribution in [0.5, 0.6) is 5.88 Å². The van der Waals surface area contributed by atoms with Crippen molar-refractivity contribution in [3.63, 3.8) is 0 Å². The second-order valence-corrected chi connectivity index (χ2v) is 7.36. The van der Waals surface area contributed by atoms with Crippen LogP contribution in [0.25, 0.3) is 5.95 Å². The lowest BCUT2D eigenvalue weighted by Gasteiger charge is -2.21. The van der Waals surface area contributed by atoms with Gasteiger partial charge < -0.3 is 9.47 Å². The minimum atomic E-state index is -0.857. The molecule has 3 aromatic rings. The molecule has 4 rings (SSSR count). The van der Waals surface area contributed by atoms with Gasteiger partial charge in [0.2, 0.25) is 0 Å². The van der Waals surface area contributed by atoms with Gasteiger partial charge in [0, 0.05) is 11.8 Å². The number of aromatic nitrogens is 4. The molecule has 0 radical (unpaired) electrons. The fourth-order valence-corrected chi connectivity index (χ4v) is 3.40. The Morgan fingerprint density at radius 1 is 1.26 bits per heavy atom. The first-order valence-corrected chi connectivity index (χ1v) is 9.89. The topological polar surface area (TPSA) is 112 Å². The zero-order valence-corrected chi connectivity index (χ0v) is 18.0. The molecule has 2 aromatic heterocycles. The van der Waals surface area contributed by atoms with Gasteiger partial charge in [0.05, 0.1) is 35.5 Å². The Balaban J connectivity index is 1.69. The van der Waals surface area contributed by atoms with Gasteiger partial charge in [0.15, 0.2) is 12.2 Å². The highest BCUT2D eigenvalue weighted by Gasteiger charge is 2.43. The molecule has 0 amide bonds. The molecule has 1 aromatic carbocycles. The molecular formula is C19H17Cl2N6O4+. The van der Waals surface area contributed by atoms with E-state index in [1.807, 2.05) is 0 Å². The Bertz CT molecular complexity index is 1200. The standard InChI is InChI=1S/C19H17Cl2N6O4/c1-3-31-18(28)12-7-22-26(9-12)19-24-15-8-23-27(29,16(15)17(25-19)30-2)10-11-4-5-13(20)14(21)6-11/h4-9,29H,3,10H2,1-2H3/q+1. The van der Waals surface area contributed by atoms with Crippen molar-refractivity contribution < 1.29 is 19.5 Å². The van der Waals surface area contributed by atoms with Crippen LogP contribution in [-0.2, 0) is 11.3 Å². The summed E-state index contributed by atoms with van der Waals surface area (Å²) in [7, 11) is 1.42. The van der Waals surface area contributed by atoms with Crippen LogP contribution < -0.4 is 9.49 Å². The zero-order valence-electron chi connectivity index (χ0n) is 16.5. The Hall–Kier alpha value is -3.05. The molecule has 0 spiro atoms. The average Bonchev–Trinajstić information content (AvgIpc) is 3.36. The summed E-state index contributed by atoms with van der Waals surface area (Å²) in [6.45, 7) is 2.01. The zero-order chi connectivity index (χ0) is 22.2. The summed E-state index contributed by atoms with van der Waals surface area (Å²) in [5, 5.41) is 20.3. The van der Waals surface area contributed by atoms with Gasteiger partial charge in [0.25, 0.3) is 17.5 Å². The number of rotatable bonds is 6. The van der Waals surface area contributed by atoms with Gasteiger partial charge in [-0.25, -0.2) is 14.5 Å². The van der Waals surface area contributed by atoms with Gasteiger partial charge in [-0.15, -0.1) is 0 Å². The van der Waals surface area contributed by atoms with Crippen LogP contribution >= 0.6 is 23.2 Å². The van der Waals surface area contributed by atoms with Crippen molar-refractivity contribution in [2.24, 2.45) is 5.10 Å². The summed E-state index contributed by atoms with van der Waals surface area (Å²) in [5.41, 5.74) is 1.55. The predicted molar refractivity (Wildman–Crippen MR) is 113 cm³/mol. The number of ether oxygens (including phenoxy) is 2. The van der Waals surface area contributed by atoms with E-state index in [0.29, 0.717) is 21.3 Å². The summed E-state index contributed by atoms with van der Waals surface area (Å²) < 4.78 is 10.8. The number of hydrogen-bond acceptors (Lipinski definition) is 8. The maximum absolute atomic E-state index is 11.9. The summed E-state index contributed by atoms with van der Waals surface area (Å²) in [6, 6.07) is 5.03. The summed E-state index contributed by atoms with van der Waals surface area (Å²) >= 11 is 12.1. The lowest BCUT2D eigenvalue weighted by molar-refractivity contribution is -0.0852. The number of quaternary nitrogens is 1. The van der Waals surface area contributed by atoms with E-state index in [0.717, 1.165) is 0 Å². The van der Waals surface area contributed by atoms with Crippen LogP contribution in [-0.4, -0.2) is 50.9 Å². The molecule has 1 unspecified atom stereocenters. The van der Waals surface area contributed by atoms with E-state index >= 15 is 0 Å². The maximum atomic E-state index is 11.9. The molecule has 3 heterocycles. The van der Waals surface area contributed by atoms with Crippen molar-refractivity contribution in [2.75, 3.05) is 13.7 Å². The maximum Gasteiger partial charge on any atom is 0.341 e. The summed E-state index contributed by atoms with van der Waals surface area (Å²) in [5.74, 6) is -0.259. The van der Waals surface area contributed by atoms with E-state index in [4.69, 9.17) is 32.7 Å². The first kappa shape index (κ1) is 21.2. The monoisotopic (exact) mass is 463 g/mol. The first-order valence-electron chi connectivity index (χ1n) is 9.13. The summed E-state index contributed by atoms with van der Waals surface area (Å²) in [6.07, 6.45) is 4.21. The third-order valence-corrected chi connectivity index (χ3v) is 5.21. The number of hydroxylamine groups is 1. The van der Waals surface area contributed by atoms with Crippen molar-refractivity contribution in [1.82, 2.24) is 24.5 Å². The molecule has 1 aliphatic heterocycles. The number of methoxy groups -OCH3 is 1. The van der Waals surface area contributed by atoms with Gasteiger partial charge >= 0.3 is 5.97 Å². The minimum Gasteiger partial charge on any atom is -0.476 e. The van der Waals surface area contributed by atoms with E-state index in [1.165, 1.54) is 30.4 Å². The lowest BCUT2D eigenvalue weighted by atomic mass is 10.2. The van der Waals surface area contributed by atoms with Crippen LogP contribution in [0.2, 0.25) is 10.0 Å². The first-order chi connectivity index (χ1) is 14.8. The van der Waals surface area contributed by atoms with Crippen LogP contribution in [0.1, 0.15) is 28.5 Å². The molecule has 1 atom stereocenters. The van der Waals surface area contributed by atoms with Crippen molar-refractivity contribution in [3.05, 3.63) is 57.5 Å². The van der Waals surface area contributed by atoms with E-state index in [9.17, 15) is 10.0 Å². The van der Waals surface area contributed by atoms with E-state index in [2.05, 4.69) is 20.2 Å². The average molecular weight is 464 g/mol. The van der Waals surface area contributed by atoms with Crippen LogP contribution in [0, 0.1) is 0 Å². The highest BCUT2D eigenvalue weighted by Crippen LogP contribution is 2.39. The van der Waals surface area contributed by atoms with Crippen LogP contribution in [0.3, 0.4) is 0 Å². The number of benzene rings is 1. The van der Waals surface area contributed by atoms with Crippen molar-refractivity contribution in [1.29, 1.82) is 0 Å². The number of carbonyl (C=O) groups is 1. The number of halogens is 2. The second-order valence-electron chi connectivity index (χ2n) is 6.54. The normalized spacial score (nSPS) is 16.9. The third kappa shape index (κ3) is 3.98. The van der Waals surface area contributed by atoms with Gasteiger partial charge in [-0.3, -0.25) is 0 Å². The molecule has 31 heavy (non-hydrogen) atoms. The lowest BCUT2D eigenvalue weighted by Crippen LogP contribution is -2.38. The van der Waals surface area contributed by atoms with Crippen LogP contribution in [0.15, 0.2) is 35.7 Å². The molecule has 0 fully saturated rings. The fourth-order valence-electron chi connectivity index (χ4n) is 3.08. The highest BCUT2D eigenvalue weighted by atomic mass is 35.5. The number of hydrogen-bond donors (Lipinski definition) is 1. The van der Waals surface area contributed by atoms with Gasteiger partial charge in [-0.1, -0.05) is 29.3 Å². The van der Waals surface area contributed by atoms with Crippen molar-refractivity contribution in [3.8, 4) is 11.8 Å². The molecular weight excluding hydrogens is 447 g/mol. The fraction of sp³-hybridized carbons (Fsp3) is 0.211. The molecule has 1 N–H and O–H groups in total. The SMILES string of the molecule is CCOC(=O)c1cnn(-c2nc3c(c(OC)n2)[N+](O)(Cc2ccc(Cl)c(Cl)c2)N=C3)c1. The molecule has 10 nitrogen and oxygen atoms in total. The predicted octanol–water partition coefficient (Wildman–Crippen LogP) is 3.40. The Morgan fingerprint density at radius 2 is 2.06 bits per heavy atom. The molecule has 0 bridgehead atoms. The highest BCUT2D eigenvalue weighted by molar-refractivity contribution is 6.42. The quantitative estimate of drug-likeness (QED) is 0.440. The van der Waals surface area contributed by atoms with E-state index in [-0.39, 0.29) is 36.2 Å². The molecule has 1 aliphatic rings. The Labute approximate surface area is 186 Å². The number of esters is 1. The summed E-state index contributed by atoms with van der Waals surface area (Å²) in [4.78, 5) is 20.6. The van der Waals surface area contributed by atoms with E-state index < -0.39 is 10.7 Å². The third-order valence-electron chi connectivity index (χ3n) is 4.48. The van der Waals surface area contributed by atoms with Crippen LogP contribution in [0.4, 0.5) is 5.69 Å². The Morgan fingerprint density at radius 3 is 2.77 bits per heavy atom. The minimum absolute atomic E-state index is 0.0498. The number of carbonyl (C=O) groups excluding carboxylic acids is 1. The smallest absolute Gasteiger partial charge is 0.341 e. The molecule has 0 aliphatic carbocycles. The number of fused-ring (bicyclic) bond motifs is 1. The molecule has 0 saturated heterocycles. The van der Waals surface area contributed by atoms with E-state index in [1.54, 1.807) is 25.1 Å². The van der Waals surface area contributed by atoms with Crippen molar-refractivity contribution >= 4 is 41.1 Å². The Kier molecular flexibility index (Phi) is 5.63.